The number of hydrogen-bond acceptors (Lipinski definition) is 6. The lowest BCUT2D eigenvalue weighted by Gasteiger charge is -2.33. The molecule has 1 aromatic heterocycles. The van der Waals surface area contributed by atoms with E-state index >= 15 is 0 Å². The quantitative estimate of drug-likeness (QED) is 0.535. The number of unbranched alkanes of at least 4 members (excludes halogenated alkanes) is 2. The van der Waals surface area contributed by atoms with Gasteiger partial charge in [0.1, 0.15) is 5.69 Å². The van der Waals surface area contributed by atoms with Gasteiger partial charge in [0.25, 0.3) is 0 Å². The molecule has 0 bridgehead atoms. The number of carbonyl (C=O) groups excluding carboxylic acids is 2. The molecule has 2 heterocycles. The van der Waals surface area contributed by atoms with Gasteiger partial charge in [-0.1, -0.05) is 44.0 Å². The van der Waals surface area contributed by atoms with Crippen molar-refractivity contribution in [1.82, 2.24) is 14.9 Å². The number of Topliss-reactive ketones (excluding diaryl/α,β-unsaturated/α-hetero) is 1. The molecule has 1 amide bonds. The lowest BCUT2D eigenvalue weighted by Crippen LogP contribution is -2.47. The first-order valence-electron chi connectivity index (χ1n) is 10.4. The van der Waals surface area contributed by atoms with Crippen molar-refractivity contribution in [1.29, 1.82) is 0 Å². The molecule has 1 unspecified atom stereocenters. The van der Waals surface area contributed by atoms with Crippen LogP contribution in [0.2, 0.25) is 0 Å². The summed E-state index contributed by atoms with van der Waals surface area (Å²) in [5, 5.41) is 0. The van der Waals surface area contributed by atoms with Crippen LogP contribution >= 0.6 is 0 Å². The van der Waals surface area contributed by atoms with Crippen LogP contribution in [0.25, 0.3) is 0 Å². The Hall–Kier alpha value is -3.09. The van der Waals surface area contributed by atoms with E-state index in [2.05, 4.69) is 21.9 Å². The van der Waals surface area contributed by atoms with Crippen molar-refractivity contribution in [3.05, 3.63) is 59.2 Å². The summed E-state index contributed by atoms with van der Waals surface area (Å²) in [5.74, 6) is 0.0256. The molecule has 3 rings (SSSR count). The fraction of sp³-hybridized carbons (Fsp3) is 0.435. The predicted molar refractivity (Wildman–Crippen MR) is 116 cm³/mol. The van der Waals surface area contributed by atoms with E-state index < -0.39 is 5.54 Å². The Morgan fingerprint density at radius 2 is 2.03 bits per heavy atom. The zero-order chi connectivity index (χ0) is 21.7. The second kappa shape index (κ2) is 9.15. The number of rotatable bonds is 8. The maximum atomic E-state index is 12.7. The van der Waals surface area contributed by atoms with Crippen LogP contribution in [0.3, 0.4) is 0 Å². The second-order valence-corrected chi connectivity index (χ2v) is 8.02. The van der Waals surface area contributed by atoms with Crippen molar-refractivity contribution in [3.63, 3.8) is 0 Å². The lowest BCUT2D eigenvalue weighted by molar-refractivity contribution is -0.128. The summed E-state index contributed by atoms with van der Waals surface area (Å²) in [6, 6.07) is 7.59. The molecule has 7 nitrogen and oxygen atoms in total. The number of benzene rings is 1. The van der Waals surface area contributed by atoms with Crippen molar-refractivity contribution in [2.45, 2.75) is 57.9 Å². The third kappa shape index (κ3) is 4.90. The van der Waals surface area contributed by atoms with Crippen molar-refractivity contribution in [3.8, 4) is 0 Å². The minimum absolute atomic E-state index is 0.0826. The van der Waals surface area contributed by atoms with Gasteiger partial charge in [-0.25, -0.2) is 9.98 Å². The summed E-state index contributed by atoms with van der Waals surface area (Å²) in [7, 11) is 1.62. The van der Waals surface area contributed by atoms with Gasteiger partial charge in [-0.15, -0.1) is 0 Å². The van der Waals surface area contributed by atoms with Crippen LogP contribution < -0.4 is 5.73 Å². The first-order chi connectivity index (χ1) is 14.3. The van der Waals surface area contributed by atoms with Crippen molar-refractivity contribution >= 4 is 17.6 Å². The predicted octanol–water partition coefficient (Wildman–Crippen LogP) is 3.03. The number of aryl methyl sites for hydroxylation is 1. The van der Waals surface area contributed by atoms with Gasteiger partial charge in [-0.05, 0) is 30.9 Å². The van der Waals surface area contributed by atoms with Gasteiger partial charge in [0.05, 0.1) is 23.9 Å². The molecule has 0 fully saturated rings. The van der Waals surface area contributed by atoms with Crippen LogP contribution in [0.1, 0.15) is 66.8 Å². The smallest absolute Gasteiger partial charge is 0.231 e. The molecule has 0 saturated heterocycles. The molecule has 1 atom stereocenters. The van der Waals surface area contributed by atoms with Crippen LogP contribution in [0.4, 0.5) is 0 Å². The average molecular weight is 408 g/mol. The number of guanidine groups is 1. The molecule has 2 N–H and O–H groups in total. The number of nitrogens with two attached hydrogens (primary N) is 1. The Balaban J connectivity index is 1.72. The number of ketones is 1. The van der Waals surface area contributed by atoms with Crippen LogP contribution in [-0.4, -0.2) is 39.6 Å². The highest BCUT2D eigenvalue weighted by molar-refractivity contribution is 5.99. The zero-order valence-electron chi connectivity index (χ0n) is 17.9. The lowest BCUT2D eigenvalue weighted by atomic mass is 9.86. The Morgan fingerprint density at radius 3 is 2.70 bits per heavy atom. The zero-order valence-corrected chi connectivity index (χ0v) is 17.9. The number of hydrogen-bond donors (Lipinski definition) is 1. The molecule has 1 aliphatic rings. The molecular formula is C23H29N5O2. The fourth-order valence-corrected chi connectivity index (χ4v) is 3.55. The SMILES string of the molecule is CCCCCc1cnc(C(=O)Cc2cccc(C3(C)CC(=O)N(C)C(N)=N3)c2)cn1. The van der Waals surface area contributed by atoms with Gasteiger partial charge in [-0.2, -0.15) is 0 Å². The first-order valence-corrected chi connectivity index (χ1v) is 10.4. The largest absolute Gasteiger partial charge is 0.369 e. The first kappa shape index (κ1) is 21.6. The molecule has 30 heavy (non-hydrogen) atoms. The highest BCUT2D eigenvalue weighted by atomic mass is 16.2. The second-order valence-electron chi connectivity index (χ2n) is 8.02. The summed E-state index contributed by atoms with van der Waals surface area (Å²) >= 11 is 0. The highest BCUT2D eigenvalue weighted by Crippen LogP contribution is 2.33. The Kier molecular flexibility index (Phi) is 6.59. The number of amides is 1. The van der Waals surface area contributed by atoms with Gasteiger partial charge >= 0.3 is 0 Å². The van der Waals surface area contributed by atoms with E-state index in [0.29, 0.717) is 5.69 Å². The van der Waals surface area contributed by atoms with Crippen molar-refractivity contribution < 1.29 is 9.59 Å². The van der Waals surface area contributed by atoms with Gasteiger partial charge in [0, 0.05) is 19.7 Å². The number of aliphatic imine (C=N–C) groups is 1. The highest BCUT2D eigenvalue weighted by Gasteiger charge is 2.36. The Bertz CT molecular complexity index is 954. The molecule has 0 spiro atoms. The molecular weight excluding hydrogens is 378 g/mol. The van der Waals surface area contributed by atoms with E-state index in [1.54, 1.807) is 19.4 Å². The molecule has 0 radical (unpaired) electrons. The van der Waals surface area contributed by atoms with E-state index in [1.165, 1.54) is 4.90 Å². The number of carbonyl (C=O) groups is 2. The number of nitrogens with zero attached hydrogens (tertiary/aromatic N) is 4. The molecule has 0 aliphatic carbocycles. The summed E-state index contributed by atoms with van der Waals surface area (Å²) in [6.45, 7) is 4.04. The Labute approximate surface area is 177 Å². The van der Waals surface area contributed by atoms with Crippen LogP contribution in [-0.2, 0) is 23.2 Å². The summed E-state index contributed by atoms with van der Waals surface area (Å²) in [5.41, 5.74) is 8.14. The van der Waals surface area contributed by atoms with Gasteiger partial charge in [0.15, 0.2) is 11.7 Å². The third-order valence-electron chi connectivity index (χ3n) is 5.52. The standard InChI is InChI=1S/C23H29N5O2/c1-4-5-6-10-18-14-26-19(15-25-18)20(29)12-16-8-7-9-17(11-16)23(2)13-21(30)28(3)22(24)27-23/h7-9,11,14-15H,4-6,10,12-13H2,1-3H3,(H2,24,27). The van der Waals surface area contributed by atoms with Crippen molar-refractivity contribution in [2.24, 2.45) is 10.7 Å². The van der Waals surface area contributed by atoms with Crippen LogP contribution in [0, 0.1) is 0 Å². The molecule has 1 aliphatic heterocycles. The minimum Gasteiger partial charge on any atom is -0.369 e. The van der Waals surface area contributed by atoms with Crippen LogP contribution in [0.15, 0.2) is 41.7 Å². The molecule has 0 saturated carbocycles. The normalized spacial score (nSPS) is 19.0. The van der Waals surface area contributed by atoms with Crippen molar-refractivity contribution in [2.75, 3.05) is 7.05 Å². The summed E-state index contributed by atoms with van der Waals surface area (Å²) < 4.78 is 0. The minimum atomic E-state index is -0.743. The summed E-state index contributed by atoms with van der Waals surface area (Å²) in [4.78, 5) is 39.5. The molecule has 1 aromatic carbocycles. The van der Waals surface area contributed by atoms with Crippen LogP contribution in [0.5, 0.6) is 0 Å². The molecule has 7 heteroatoms. The molecule has 158 valence electrons. The average Bonchev–Trinajstić information content (AvgIpc) is 2.73. The topological polar surface area (TPSA) is 102 Å². The van der Waals surface area contributed by atoms with Gasteiger partial charge in [-0.3, -0.25) is 19.5 Å². The maximum absolute atomic E-state index is 12.7. The summed E-state index contributed by atoms with van der Waals surface area (Å²) in [6.07, 6.45) is 7.98. The monoisotopic (exact) mass is 407 g/mol. The fourth-order valence-electron chi connectivity index (χ4n) is 3.55. The van der Waals surface area contributed by atoms with E-state index in [9.17, 15) is 9.59 Å². The van der Waals surface area contributed by atoms with E-state index in [-0.39, 0.29) is 30.5 Å². The molecule has 2 aromatic rings. The van der Waals surface area contributed by atoms with Gasteiger partial charge in [0.2, 0.25) is 5.91 Å². The maximum Gasteiger partial charge on any atom is 0.231 e. The third-order valence-corrected chi connectivity index (χ3v) is 5.52. The van der Waals surface area contributed by atoms with Gasteiger partial charge < -0.3 is 5.73 Å². The Morgan fingerprint density at radius 1 is 1.23 bits per heavy atom. The van der Waals surface area contributed by atoms with E-state index in [4.69, 9.17) is 5.73 Å². The van der Waals surface area contributed by atoms with E-state index in [0.717, 1.165) is 42.5 Å². The number of aromatic nitrogens is 2. The van der Waals surface area contributed by atoms with E-state index in [1.807, 2.05) is 31.2 Å².